The van der Waals surface area contributed by atoms with Gasteiger partial charge in [0.05, 0.1) is 10.7 Å². The predicted molar refractivity (Wildman–Crippen MR) is 158 cm³/mol. The van der Waals surface area contributed by atoms with Gasteiger partial charge in [-0.1, -0.05) is 83.4 Å². The Labute approximate surface area is 241 Å². The minimum absolute atomic E-state index is 0.0389. The Morgan fingerprint density at radius 1 is 0.974 bits per heavy atom. The molecule has 39 heavy (non-hydrogen) atoms. The van der Waals surface area contributed by atoms with E-state index in [-0.39, 0.29) is 29.3 Å². The molecule has 0 radical (unpaired) electrons. The highest BCUT2D eigenvalue weighted by atomic mass is 79.9. The van der Waals surface area contributed by atoms with E-state index >= 15 is 0 Å². The predicted octanol–water partition coefficient (Wildman–Crippen LogP) is 6.29. The van der Waals surface area contributed by atoms with Crippen molar-refractivity contribution in [3.63, 3.8) is 0 Å². The summed E-state index contributed by atoms with van der Waals surface area (Å²) in [4.78, 5) is 39.7. The Hall–Kier alpha value is -3.17. The van der Waals surface area contributed by atoms with Gasteiger partial charge in [0.2, 0.25) is 11.8 Å². The SMILES string of the molecule is O=C(NC1CCCC1)[C@H](Cc1ccccc1)N(Cc1cccc(Br)c1)C(=O)CSCc1ccc([N+](=O)[O-])cc1. The summed E-state index contributed by atoms with van der Waals surface area (Å²) in [5.74, 6) is 0.484. The second-order valence-electron chi connectivity index (χ2n) is 9.76. The van der Waals surface area contributed by atoms with Crippen molar-refractivity contribution in [3.8, 4) is 0 Å². The Morgan fingerprint density at radius 3 is 2.33 bits per heavy atom. The van der Waals surface area contributed by atoms with Crippen molar-refractivity contribution >= 4 is 45.2 Å². The van der Waals surface area contributed by atoms with Crippen molar-refractivity contribution in [2.75, 3.05) is 5.75 Å². The molecule has 3 aromatic carbocycles. The molecule has 7 nitrogen and oxygen atoms in total. The van der Waals surface area contributed by atoms with Gasteiger partial charge in [-0.05, 0) is 41.7 Å². The Bertz CT molecular complexity index is 1270. The Kier molecular flexibility index (Phi) is 10.6. The second-order valence-corrected chi connectivity index (χ2v) is 11.7. The topological polar surface area (TPSA) is 92.6 Å². The molecule has 2 amide bonds. The molecule has 0 heterocycles. The van der Waals surface area contributed by atoms with Gasteiger partial charge in [0.15, 0.2) is 0 Å². The summed E-state index contributed by atoms with van der Waals surface area (Å²) in [5, 5.41) is 14.2. The maximum absolute atomic E-state index is 13.8. The molecule has 1 aliphatic carbocycles. The maximum atomic E-state index is 13.8. The molecule has 0 saturated heterocycles. The summed E-state index contributed by atoms with van der Waals surface area (Å²) in [6.45, 7) is 0.311. The molecule has 3 aromatic rings. The fraction of sp³-hybridized carbons (Fsp3) is 0.333. The van der Waals surface area contributed by atoms with E-state index in [9.17, 15) is 19.7 Å². The fourth-order valence-electron chi connectivity index (χ4n) is 4.81. The van der Waals surface area contributed by atoms with Gasteiger partial charge in [0, 0.05) is 41.4 Å². The molecule has 204 valence electrons. The van der Waals surface area contributed by atoms with Crippen LogP contribution in [0.4, 0.5) is 5.69 Å². The second kappa shape index (κ2) is 14.3. The molecule has 1 atom stereocenters. The van der Waals surface area contributed by atoms with Crippen molar-refractivity contribution in [2.24, 2.45) is 0 Å². The summed E-state index contributed by atoms with van der Waals surface area (Å²) in [6.07, 6.45) is 4.57. The highest BCUT2D eigenvalue weighted by Gasteiger charge is 2.32. The van der Waals surface area contributed by atoms with Crippen LogP contribution in [0.1, 0.15) is 42.4 Å². The quantitative estimate of drug-likeness (QED) is 0.192. The van der Waals surface area contributed by atoms with Crippen LogP contribution in [0.25, 0.3) is 0 Å². The van der Waals surface area contributed by atoms with Gasteiger partial charge in [-0.3, -0.25) is 19.7 Å². The first-order valence-corrected chi connectivity index (χ1v) is 15.0. The fourth-order valence-corrected chi connectivity index (χ4v) is 6.12. The molecule has 1 N–H and O–H groups in total. The number of nitrogens with zero attached hydrogens (tertiary/aromatic N) is 2. The number of carbonyl (C=O) groups is 2. The van der Waals surface area contributed by atoms with Crippen LogP contribution in [0.15, 0.2) is 83.3 Å². The number of nitrogens with one attached hydrogen (secondary N) is 1. The number of hydrogen-bond donors (Lipinski definition) is 1. The average molecular weight is 611 g/mol. The molecule has 0 spiro atoms. The monoisotopic (exact) mass is 609 g/mol. The molecule has 0 bridgehead atoms. The van der Waals surface area contributed by atoms with E-state index in [0.717, 1.165) is 46.8 Å². The van der Waals surface area contributed by atoms with E-state index in [1.54, 1.807) is 17.0 Å². The number of hydrogen-bond acceptors (Lipinski definition) is 5. The third-order valence-corrected chi connectivity index (χ3v) is 8.34. The molecule has 0 aromatic heterocycles. The minimum Gasteiger partial charge on any atom is -0.352 e. The molecular weight excluding hydrogens is 578 g/mol. The van der Waals surface area contributed by atoms with Crippen molar-refractivity contribution in [1.82, 2.24) is 10.2 Å². The number of halogens is 1. The van der Waals surface area contributed by atoms with Crippen LogP contribution < -0.4 is 5.32 Å². The van der Waals surface area contributed by atoms with Gasteiger partial charge in [-0.15, -0.1) is 11.8 Å². The largest absolute Gasteiger partial charge is 0.352 e. The number of nitro groups is 1. The average Bonchev–Trinajstić information content (AvgIpc) is 3.44. The summed E-state index contributed by atoms with van der Waals surface area (Å²) in [5.41, 5.74) is 2.87. The van der Waals surface area contributed by atoms with Gasteiger partial charge in [0.1, 0.15) is 6.04 Å². The van der Waals surface area contributed by atoms with Crippen LogP contribution in [0.5, 0.6) is 0 Å². The van der Waals surface area contributed by atoms with Crippen LogP contribution in [-0.4, -0.2) is 39.5 Å². The third-order valence-electron chi connectivity index (χ3n) is 6.86. The van der Waals surface area contributed by atoms with E-state index in [4.69, 9.17) is 0 Å². The lowest BCUT2D eigenvalue weighted by molar-refractivity contribution is -0.384. The zero-order valence-electron chi connectivity index (χ0n) is 21.6. The van der Waals surface area contributed by atoms with Crippen molar-refractivity contribution in [3.05, 3.63) is 110 Å². The lowest BCUT2D eigenvalue weighted by Crippen LogP contribution is -2.52. The number of carbonyl (C=O) groups excluding carboxylic acids is 2. The number of thioether (sulfide) groups is 1. The summed E-state index contributed by atoms with van der Waals surface area (Å²) in [6, 6.07) is 23.5. The van der Waals surface area contributed by atoms with Gasteiger partial charge in [0.25, 0.3) is 5.69 Å². The first kappa shape index (κ1) is 28.8. The summed E-state index contributed by atoms with van der Waals surface area (Å²) >= 11 is 4.96. The number of nitro benzene ring substituents is 1. The smallest absolute Gasteiger partial charge is 0.269 e. The first-order chi connectivity index (χ1) is 18.9. The minimum atomic E-state index is -0.653. The zero-order chi connectivity index (χ0) is 27.6. The van der Waals surface area contributed by atoms with Crippen LogP contribution in [-0.2, 0) is 28.3 Å². The molecule has 1 saturated carbocycles. The standard InChI is InChI=1S/C30H32BrN3O4S/c31-25-10-6-9-24(17-25)19-33(29(35)21-39-20-23-13-15-27(16-14-23)34(37)38)28(18-22-7-2-1-3-8-22)30(36)32-26-11-4-5-12-26/h1-3,6-10,13-17,26,28H,4-5,11-12,18-21H2,(H,32,36)/t28-/m0/s1. The number of benzene rings is 3. The number of rotatable bonds is 12. The van der Waals surface area contributed by atoms with Gasteiger partial charge < -0.3 is 10.2 Å². The van der Waals surface area contributed by atoms with Crippen LogP contribution in [0.2, 0.25) is 0 Å². The van der Waals surface area contributed by atoms with E-state index in [0.29, 0.717) is 18.7 Å². The highest BCUT2D eigenvalue weighted by molar-refractivity contribution is 9.10. The van der Waals surface area contributed by atoms with E-state index in [1.165, 1.54) is 23.9 Å². The molecule has 0 unspecified atom stereocenters. The Morgan fingerprint density at radius 2 is 1.67 bits per heavy atom. The lowest BCUT2D eigenvalue weighted by atomic mass is 10.0. The van der Waals surface area contributed by atoms with Crippen molar-refractivity contribution in [1.29, 1.82) is 0 Å². The lowest BCUT2D eigenvalue weighted by Gasteiger charge is -2.32. The van der Waals surface area contributed by atoms with Crippen molar-refractivity contribution in [2.45, 2.75) is 56.5 Å². The van der Waals surface area contributed by atoms with E-state index in [1.807, 2.05) is 54.6 Å². The first-order valence-electron chi connectivity index (χ1n) is 13.1. The molecule has 1 fully saturated rings. The highest BCUT2D eigenvalue weighted by Crippen LogP contribution is 2.23. The van der Waals surface area contributed by atoms with Crippen molar-refractivity contribution < 1.29 is 14.5 Å². The zero-order valence-corrected chi connectivity index (χ0v) is 24.0. The van der Waals surface area contributed by atoms with Crippen LogP contribution in [0.3, 0.4) is 0 Å². The van der Waals surface area contributed by atoms with Crippen LogP contribution >= 0.6 is 27.7 Å². The molecule has 0 aliphatic heterocycles. The van der Waals surface area contributed by atoms with Crippen LogP contribution in [0, 0.1) is 10.1 Å². The Balaban J connectivity index is 1.54. The normalized spacial score (nSPS) is 14.1. The van der Waals surface area contributed by atoms with Gasteiger partial charge in [-0.25, -0.2) is 0 Å². The van der Waals surface area contributed by atoms with E-state index < -0.39 is 11.0 Å². The third kappa shape index (κ3) is 8.66. The molecule has 4 rings (SSSR count). The van der Waals surface area contributed by atoms with Gasteiger partial charge in [-0.2, -0.15) is 0 Å². The molecule has 9 heteroatoms. The molecule has 1 aliphatic rings. The number of amides is 2. The summed E-state index contributed by atoms with van der Waals surface area (Å²) in [7, 11) is 0. The summed E-state index contributed by atoms with van der Waals surface area (Å²) < 4.78 is 0.912. The van der Waals surface area contributed by atoms with E-state index in [2.05, 4.69) is 21.2 Å². The maximum Gasteiger partial charge on any atom is 0.269 e. The molecular formula is C30H32BrN3O4S. The number of non-ortho nitro benzene ring substituents is 1. The van der Waals surface area contributed by atoms with Gasteiger partial charge >= 0.3 is 0 Å².